The van der Waals surface area contributed by atoms with Gasteiger partial charge in [-0.15, -0.1) is 0 Å². The van der Waals surface area contributed by atoms with Crippen molar-refractivity contribution in [3.63, 3.8) is 0 Å². The molecule has 0 spiro atoms. The van der Waals surface area contributed by atoms with E-state index < -0.39 is 30.2 Å². The number of rotatable bonds is 9. The molecule has 1 fully saturated rings. The number of aliphatic hydroxyl groups excluding tert-OH is 1. The Kier molecular flexibility index (Phi) is 7.51. The number of halogens is 2. The predicted octanol–water partition coefficient (Wildman–Crippen LogP) is 6.08. The third-order valence-electron chi connectivity index (χ3n) is 6.34. The Morgan fingerprint density at radius 2 is 1.50 bits per heavy atom. The van der Waals surface area contributed by atoms with Crippen LogP contribution in [0.1, 0.15) is 17.2 Å². The molecule has 8 heteroatoms. The van der Waals surface area contributed by atoms with Crippen LogP contribution in [0.2, 0.25) is 0 Å². The van der Waals surface area contributed by atoms with Crippen LogP contribution in [0.5, 0.6) is 5.75 Å². The maximum Gasteiger partial charge on any atom is 0.415 e. The zero-order valence-corrected chi connectivity index (χ0v) is 20.3. The molecule has 0 aromatic heterocycles. The summed E-state index contributed by atoms with van der Waals surface area (Å²) in [6, 6.07) is 27.6. The van der Waals surface area contributed by atoms with E-state index in [1.807, 2.05) is 42.5 Å². The average Bonchev–Trinajstić information content (AvgIpc) is 3.29. The number of hydrogen-bond donors (Lipinski definition) is 2. The highest BCUT2D eigenvalue weighted by Gasteiger charge is 2.47. The van der Waals surface area contributed by atoms with E-state index in [2.05, 4.69) is 5.32 Å². The summed E-state index contributed by atoms with van der Waals surface area (Å²) in [6.07, 6.45) is -2.69. The number of nitrogens with one attached hydrogen (secondary N) is 1. The molecule has 4 aromatic rings. The standard InChI is InChI=1S/C30H26F2N2O4/c31-22-8-12-24(13-9-22)33-18-27(35)29-28(34(30(36)38-29)25-14-10-23(32)11-15-25)21-6-16-26(17-7-21)37-19-20-4-2-1-3-5-20/h1-17,27-29,33,35H,18-19H2/t27?,28-,29-/m1/s1. The first-order chi connectivity index (χ1) is 18.5. The van der Waals surface area contributed by atoms with E-state index in [4.69, 9.17) is 9.47 Å². The normalized spacial score (nSPS) is 17.7. The topological polar surface area (TPSA) is 71.0 Å². The molecule has 194 valence electrons. The van der Waals surface area contributed by atoms with Crippen molar-refractivity contribution in [2.45, 2.75) is 24.9 Å². The molecule has 1 unspecified atom stereocenters. The lowest BCUT2D eigenvalue weighted by Crippen LogP contribution is -2.38. The number of carbonyl (C=O) groups is 1. The second-order valence-electron chi connectivity index (χ2n) is 8.94. The summed E-state index contributed by atoms with van der Waals surface area (Å²) >= 11 is 0. The molecule has 1 amide bonds. The van der Waals surface area contributed by atoms with Crippen LogP contribution in [0.15, 0.2) is 103 Å². The van der Waals surface area contributed by atoms with Crippen LogP contribution in [0.25, 0.3) is 0 Å². The third-order valence-corrected chi connectivity index (χ3v) is 6.34. The van der Waals surface area contributed by atoms with Crippen LogP contribution < -0.4 is 15.0 Å². The van der Waals surface area contributed by atoms with Crippen LogP contribution >= 0.6 is 0 Å². The number of amides is 1. The molecule has 0 bridgehead atoms. The Morgan fingerprint density at radius 1 is 0.868 bits per heavy atom. The molecule has 38 heavy (non-hydrogen) atoms. The summed E-state index contributed by atoms with van der Waals surface area (Å²) in [4.78, 5) is 14.4. The van der Waals surface area contributed by atoms with Crippen molar-refractivity contribution in [1.29, 1.82) is 0 Å². The van der Waals surface area contributed by atoms with Gasteiger partial charge in [-0.05, 0) is 71.8 Å². The summed E-state index contributed by atoms with van der Waals surface area (Å²) in [5.74, 6) is -0.156. The van der Waals surface area contributed by atoms with Crippen molar-refractivity contribution < 1.29 is 28.2 Å². The minimum absolute atomic E-state index is 0.0512. The summed E-state index contributed by atoms with van der Waals surface area (Å²) in [5.41, 5.74) is 2.79. The molecule has 4 aromatic carbocycles. The molecule has 1 saturated heterocycles. The van der Waals surface area contributed by atoms with Gasteiger partial charge in [0.2, 0.25) is 0 Å². The Hall–Kier alpha value is -4.43. The second kappa shape index (κ2) is 11.3. The van der Waals surface area contributed by atoms with Gasteiger partial charge in [0, 0.05) is 17.9 Å². The summed E-state index contributed by atoms with van der Waals surface area (Å²) < 4.78 is 38.4. The SMILES string of the molecule is O=C1O[C@H](C(O)CNc2ccc(F)cc2)[C@@H](c2ccc(OCc3ccccc3)cc2)N1c1ccc(F)cc1. The number of cyclic esters (lactones) is 1. The Morgan fingerprint density at radius 3 is 2.16 bits per heavy atom. The van der Waals surface area contributed by atoms with Gasteiger partial charge in [-0.3, -0.25) is 4.90 Å². The maximum atomic E-state index is 13.6. The van der Waals surface area contributed by atoms with Gasteiger partial charge in [-0.25, -0.2) is 13.6 Å². The molecule has 1 aliphatic heterocycles. The minimum atomic E-state index is -1.10. The van der Waals surface area contributed by atoms with Crippen molar-refractivity contribution in [3.8, 4) is 5.75 Å². The van der Waals surface area contributed by atoms with Crippen LogP contribution in [0.4, 0.5) is 25.0 Å². The van der Waals surface area contributed by atoms with Gasteiger partial charge in [-0.1, -0.05) is 42.5 Å². The predicted molar refractivity (Wildman–Crippen MR) is 140 cm³/mol. The first-order valence-corrected chi connectivity index (χ1v) is 12.2. The maximum absolute atomic E-state index is 13.6. The monoisotopic (exact) mass is 516 g/mol. The van der Waals surface area contributed by atoms with Crippen LogP contribution in [-0.4, -0.2) is 30.0 Å². The summed E-state index contributed by atoms with van der Waals surface area (Å²) in [7, 11) is 0. The van der Waals surface area contributed by atoms with Crippen molar-refractivity contribution >= 4 is 17.5 Å². The number of anilines is 2. The fourth-order valence-corrected chi connectivity index (χ4v) is 4.40. The van der Waals surface area contributed by atoms with E-state index in [0.29, 0.717) is 29.3 Å². The number of carbonyl (C=O) groups excluding carboxylic acids is 1. The van der Waals surface area contributed by atoms with Gasteiger partial charge in [0.15, 0.2) is 6.10 Å². The minimum Gasteiger partial charge on any atom is -0.489 e. The first kappa shape index (κ1) is 25.2. The molecule has 2 N–H and O–H groups in total. The quantitative estimate of drug-likeness (QED) is 0.282. The lowest BCUT2D eigenvalue weighted by molar-refractivity contribution is 0.0264. The van der Waals surface area contributed by atoms with Gasteiger partial charge in [-0.2, -0.15) is 0 Å². The third kappa shape index (κ3) is 5.76. The van der Waals surface area contributed by atoms with Crippen LogP contribution in [-0.2, 0) is 11.3 Å². The first-order valence-electron chi connectivity index (χ1n) is 12.2. The van der Waals surface area contributed by atoms with Gasteiger partial charge < -0.3 is 19.9 Å². The average molecular weight is 517 g/mol. The molecule has 6 nitrogen and oxygen atoms in total. The van der Waals surface area contributed by atoms with Crippen LogP contribution in [0, 0.1) is 11.6 Å². The summed E-state index contributed by atoms with van der Waals surface area (Å²) in [5, 5.41) is 14.1. The zero-order valence-electron chi connectivity index (χ0n) is 20.3. The van der Waals surface area contributed by atoms with E-state index in [1.54, 1.807) is 24.3 Å². The van der Waals surface area contributed by atoms with Gasteiger partial charge in [0.05, 0.1) is 0 Å². The molecule has 0 saturated carbocycles. The van der Waals surface area contributed by atoms with Crippen molar-refractivity contribution in [2.24, 2.45) is 0 Å². The fourth-order valence-electron chi connectivity index (χ4n) is 4.40. The van der Waals surface area contributed by atoms with Gasteiger partial charge in [0.1, 0.15) is 36.1 Å². The number of nitrogens with zero attached hydrogens (tertiary/aromatic N) is 1. The van der Waals surface area contributed by atoms with Crippen molar-refractivity contribution in [2.75, 3.05) is 16.8 Å². The highest BCUT2D eigenvalue weighted by Crippen LogP contribution is 2.39. The molecular formula is C30H26F2N2O4. The van der Waals surface area contributed by atoms with E-state index in [9.17, 15) is 18.7 Å². The Bertz CT molecular complexity index is 1350. The molecule has 3 atom stereocenters. The van der Waals surface area contributed by atoms with Crippen LogP contribution in [0.3, 0.4) is 0 Å². The molecule has 5 rings (SSSR count). The van der Waals surface area contributed by atoms with Crippen molar-refractivity contribution in [3.05, 3.63) is 126 Å². The van der Waals surface area contributed by atoms with Gasteiger partial charge in [0.25, 0.3) is 0 Å². The fraction of sp³-hybridized carbons (Fsp3) is 0.167. The molecular weight excluding hydrogens is 490 g/mol. The van der Waals surface area contributed by atoms with E-state index in [0.717, 1.165) is 5.56 Å². The molecule has 1 aliphatic rings. The number of hydrogen-bond acceptors (Lipinski definition) is 5. The number of aliphatic hydroxyl groups is 1. The smallest absolute Gasteiger partial charge is 0.415 e. The number of benzene rings is 4. The summed E-state index contributed by atoms with van der Waals surface area (Å²) in [6.45, 7) is 0.457. The van der Waals surface area contributed by atoms with E-state index in [1.165, 1.54) is 41.3 Å². The Balaban J connectivity index is 1.37. The Labute approximate surface area is 219 Å². The second-order valence-corrected chi connectivity index (χ2v) is 8.94. The zero-order chi connectivity index (χ0) is 26.5. The lowest BCUT2D eigenvalue weighted by Gasteiger charge is -2.28. The molecule has 0 aliphatic carbocycles. The van der Waals surface area contributed by atoms with Crippen molar-refractivity contribution in [1.82, 2.24) is 0 Å². The van der Waals surface area contributed by atoms with Gasteiger partial charge >= 0.3 is 6.09 Å². The molecule has 1 heterocycles. The highest BCUT2D eigenvalue weighted by atomic mass is 19.1. The largest absolute Gasteiger partial charge is 0.489 e. The number of ether oxygens (including phenoxy) is 2. The highest BCUT2D eigenvalue weighted by molar-refractivity contribution is 5.91. The van der Waals surface area contributed by atoms with E-state index in [-0.39, 0.29) is 12.4 Å². The lowest BCUT2D eigenvalue weighted by atomic mass is 9.96. The molecule has 0 radical (unpaired) electrons. The van der Waals surface area contributed by atoms with E-state index >= 15 is 0 Å².